The molecule has 1 unspecified atom stereocenters. The van der Waals surface area contributed by atoms with Crippen molar-refractivity contribution in [1.82, 2.24) is 5.32 Å². The highest BCUT2D eigenvalue weighted by Gasteiger charge is 2.09. The molecule has 3 nitrogen and oxygen atoms in total. The first-order chi connectivity index (χ1) is 10.3. The van der Waals surface area contributed by atoms with Crippen molar-refractivity contribution in [3.63, 3.8) is 0 Å². The number of ether oxygens (including phenoxy) is 2. The van der Waals surface area contributed by atoms with Gasteiger partial charge >= 0.3 is 0 Å². The average molecular weight is 285 g/mol. The molecule has 0 aliphatic carbocycles. The fourth-order valence-electron chi connectivity index (χ4n) is 2.17. The maximum absolute atomic E-state index is 5.96. The van der Waals surface area contributed by atoms with Gasteiger partial charge in [0.2, 0.25) is 0 Å². The Bertz CT molecular complexity index is 511. The molecule has 0 aromatic heterocycles. The van der Waals surface area contributed by atoms with E-state index in [1.54, 1.807) is 7.11 Å². The summed E-state index contributed by atoms with van der Waals surface area (Å²) in [5.41, 5.74) is 2.41. The fraction of sp³-hybridized carbons (Fsp3) is 0.333. The molecule has 112 valence electrons. The van der Waals surface area contributed by atoms with Gasteiger partial charge in [-0.05, 0) is 29.8 Å². The third kappa shape index (κ3) is 4.88. The van der Waals surface area contributed by atoms with Crippen molar-refractivity contribution < 1.29 is 9.47 Å². The van der Waals surface area contributed by atoms with Crippen LogP contribution in [0, 0.1) is 0 Å². The largest absolute Gasteiger partial charge is 0.487 e. The summed E-state index contributed by atoms with van der Waals surface area (Å²) in [4.78, 5) is 0. The number of nitrogens with one attached hydrogen (secondary N) is 1. The summed E-state index contributed by atoms with van der Waals surface area (Å²) in [6.45, 7) is 4.37. The molecule has 1 atom stereocenters. The maximum Gasteiger partial charge on any atom is 0.134 e. The highest BCUT2D eigenvalue weighted by molar-refractivity contribution is 5.63. The van der Waals surface area contributed by atoms with Crippen LogP contribution in [0.25, 0.3) is 11.1 Å². The molecule has 0 bridgehead atoms. The van der Waals surface area contributed by atoms with Gasteiger partial charge < -0.3 is 14.8 Å². The molecule has 0 radical (unpaired) electrons. The highest BCUT2D eigenvalue weighted by atomic mass is 16.5. The van der Waals surface area contributed by atoms with Gasteiger partial charge in [-0.3, -0.25) is 0 Å². The Balaban J connectivity index is 2.01. The van der Waals surface area contributed by atoms with Crippen LogP contribution in [0.4, 0.5) is 0 Å². The predicted octanol–water partition coefficient (Wildman–Crippen LogP) is 3.36. The lowest BCUT2D eigenvalue weighted by Crippen LogP contribution is -2.34. The summed E-state index contributed by atoms with van der Waals surface area (Å²) in [6, 6.07) is 18.5. The van der Waals surface area contributed by atoms with Gasteiger partial charge in [-0.15, -0.1) is 0 Å². The Morgan fingerprint density at radius 1 is 0.952 bits per heavy atom. The minimum Gasteiger partial charge on any atom is -0.487 e. The van der Waals surface area contributed by atoms with E-state index in [-0.39, 0.29) is 6.10 Å². The summed E-state index contributed by atoms with van der Waals surface area (Å²) < 4.78 is 11.2. The van der Waals surface area contributed by atoms with Gasteiger partial charge in [0.15, 0.2) is 0 Å². The maximum atomic E-state index is 5.96. The molecule has 0 aliphatic rings. The minimum atomic E-state index is 0.0255. The molecule has 2 aromatic rings. The predicted molar refractivity (Wildman–Crippen MR) is 86.7 cm³/mol. The second-order valence-electron chi connectivity index (χ2n) is 4.89. The molecule has 21 heavy (non-hydrogen) atoms. The van der Waals surface area contributed by atoms with E-state index in [0.717, 1.165) is 18.8 Å². The second-order valence-corrected chi connectivity index (χ2v) is 4.89. The van der Waals surface area contributed by atoms with E-state index in [9.17, 15) is 0 Å². The van der Waals surface area contributed by atoms with Crippen molar-refractivity contribution in [1.29, 1.82) is 0 Å². The quantitative estimate of drug-likeness (QED) is 0.807. The lowest BCUT2D eigenvalue weighted by Gasteiger charge is -2.19. The number of likely N-dealkylation sites (N-methyl/N-ethyl adjacent to an activating group) is 1. The molecule has 0 saturated carbocycles. The van der Waals surface area contributed by atoms with Gasteiger partial charge in [0.1, 0.15) is 11.9 Å². The van der Waals surface area contributed by atoms with Crippen molar-refractivity contribution in [3.05, 3.63) is 54.6 Å². The topological polar surface area (TPSA) is 30.5 Å². The zero-order valence-corrected chi connectivity index (χ0v) is 12.7. The molecule has 2 aromatic carbocycles. The first-order valence-corrected chi connectivity index (χ1v) is 7.35. The van der Waals surface area contributed by atoms with Crippen LogP contribution in [0.1, 0.15) is 6.92 Å². The van der Waals surface area contributed by atoms with Crippen LogP contribution >= 0.6 is 0 Å². The SMILES string of the molecule is CCNCC(COC)Oc1ccc(-c2ccccc2)cc1. The molecule has 0 spiro atoms. The summed E-state index contributed by atoms with van der Waals surface area (Å²) in [6.07, 6.45) is 0.0255. The molecule has 0 saturated heterocycles. The number of hydrogen-bond acceptors (Lipinski definition) is 3. The first-order valence-electron chi connectivity index (χ1n) is 7.35. The van der Waals surface area contributed by atoms with Gasteiger partial charge in [-0.1, -0.05) is 49.4 Å². The Kier molecular flexibility index (Phi) is 6.25. The van der Waals surface area contributed by atoms with Crippen LogP contribution in [0.15, 0.2) is 54.6 Å². The Hall–Kier alpha value is -1.84. The van der Waals surface area contributed by atoms with Crippen LogP contribution in [-0.4, -0.2) is 32.9 Å². The summed E-state index contributed by atoms with van der Waals surface area (Å²) >= 11 is 0. The second kappa shape index (κ2) is 8.45. The summed E-state index contributed by atoms with van der Waals surface area (Å²) in [5, 5.41) is 3.29. The molecular weight excluding hydrogens is 262 g/mol. The van der Waals surface area contributed by atoms with Crippen LogP contribution in [0.5, 0.6) is 5.75 Å². The molecule has 0 amide bonds. The molecule has 2 rings (SSSR count). The monoisotopic (exact) mass is 285 g/mol. The van der Waals surface area contributed by atoms with Crippen LogP contribution in [0.2, 0.25) is 0 Å². The van der Waals surface area contributed by atoms with E-state index in [0.29, 0.717) is 6.61 Å². The standard InChI is InChI=1S/C18H23NO2/c1-3-19-13-18(14-20-2)21-17-11-9-16(10-12-17)15-7-5-4-6-8-15/h4-12,18-19H,3,13-14H2,1-2H3. The lowest BCUT2D eigenvalue weighted by molar-refractivity contribution is 0.0810. The van der Waals surface area contributed by atoms with Crippen LogP contribution in [0.3, 0.4) is 0 Å². The van der Waals surface area contributed by atoms with E-state index in [2.05, 4.69) is 36.5 Å². The van der Waals surface area contributed by atoms with Gasteiger partial charge in [-0.25, -0.2) is 0 Å². The third-order valence-corrected chi connectivity index (χ3v) is 3.24. The molecule has 3 heteroatoms. The van der Waals surface area contributed by atoms with E-state index >= 15 is 0 Å². The van der Waals surface area contributed by atoms with Crippen LogP contribution < -0.4 is 10.1 Å². The minimum absolute atomic E-state index is 0.0255. The number of rotatable bonds is 8. The number of methoxy groups -OCH3 is 1. The Labute approximate surface area is 126 Å². The molecular formula is C18H23NO2. The number of benzene rings is 2. The van der Waals surface area contributed by atoms with Gasteiger partial charge in [0.25, 0.3) is 0 Å². The Morgan fingerprint density at radius 2 is 1.62 bits per heavy atom. The first kappa shape index (κ1) is 15.5. The highest BCUT2D eigenvalue weighted by Crippen LogP contribution is 2.22. The van der Waals surface area contributed by atoms with Crippen molar-refractivity contribution in [3.8, 4) is 16.9 Å². The third-order valence-electron chi connectivity index (χ3n) is 3.24. The van der Waals surface area contributed by atoms with E-state index in [1.807, 2.05) is 30.3 Å². The van der Waals surface area contributed by atoms with Gasteiger partial charge in [0, 0.05) is 13.7 Å². The molecule has 0 aliphatic heterocycles. The van der Waals surface area contributed by atoms with Gasteiger partial charge in [0.05, 0.1) is 6.61 Å². The van der Waals surface area contributed by atoms with Gasteiger partial charge in [-0.2, -0.15) is 0 Å². The van der Waals surface area contributed by atoms with Crippen LogP contribution in [-0.2, 0) is 4.74 Å². The zero-order chi connectivity index (χ0) is 14.9. The lowest BCUT2D eigenvalue weighted by atomic mass is 10.1. The van der Waals surface area contributed by atoms with E-state index < -0.39 is 0 Å². The van der Waals surface area contributed by atoms with Crippen molar-refractivity contribution in [2.45, 2.75) is 13.0 Å². The van der Waals surface area contributed by atoms with Crippen molar-refractivity contribution in [2.24, 2.45) is 0 Å². The molecule has 0 heterocycles. The van der Waals surface area contributed by atoms with E-state index in [1.165, 1.54) is 11.1 Å². The van der Waals surface area contributed by atoms with Crippen molar-refractivity contribution >= 4 is 0 Å². The zero-order valence-electron chi connectivity index (χ0n) is 12.7. The van der Waals surface area contributed by atoms with E-state index in [4.69, 9.17) is 9.47 Å². The van der Waals surface area contributed by atoms with Crippen molar-refractivity contribution in [2.75, 3.05) is 26.8 Å². The molecule has 1 N–H and O–H groups in total. The fourth-order valence-corrected chi connectivity index (χ4v) is 2.17. The average Bonchev–Trinajstić information content (AvgIpc) is 2.54. The summed E-state index contributed by atoms with van der Waals surface area (Å²) in [7, 11) is 1.70. The molecule has 0 fully saturated rings. The number of hydrogen-bond donors (Lipinski definition) is 1. The smallest absolute Gasteiger partial charge is 0.134 e. The normalized spacial score (nSPS) is 12.1. The summed E-state index contributed by atoms with van der Waals surface area (Å²) in [5.74, 6) is 0.870. The Morgan fingerprint density at radius 3 is 2.24 bits per heavy atom.